The molecule has 1 heterocycles. The normalized spacial score (nSPS) is 16.8. The largest absolute Gasteiger partial charge is 0.479 e. The maximum Gasteiger partial charge on any atom is 0.407 e. The van der Waals surface area contributed by atoms with Crippen molar-refractivity contribution in [2.24, 2.45) is 0 Å². The highest BCUT2D eigenvalue weighted by molar-refractivity contribution is 6.05. The zero-order valence-electron chi connectivity index (χ0n) is 21.5. The number of carbonyl (C=O) groups is 3. The second-order valence-electron chi connectivity index (χ2n) is 9.83. The van der Waals surface area contributed by atoms with Gasteiger partial charge >= 0.3 is 12.1 Å². The lowest BCUT2D eigenvalue weighted by atomic mass is 10.1. The zero-order valence-corrected chi connectivity index (χ0v) is 21.5. The first kappa shape index (κ1) is 27.0. The van der Waals surface area contributed by atoms with Gasteiger partial charge in [-0.1, -0.05) is 25.1 Å². The fraction of sp³-hybridized carbons (Fsp3) is 0.444. The molecule has 2 N–H and O–H groups in total. The van der Waals surface area contributed by atoms with E-state index in [1.807, 2.05) is 50.9 Å². The molecule has 0 bridgehead atoms. The van der Waals surface area contributed by atoms with Crippen LogP contribution in [0.5, 0.6) is 5.75 Å². The van der Waals surface area contributed by atoms with Gasteiger partial charge in [-0.2, -0.15) is 0 Å². The van der Waals surface area contributed by atoms with Crippen LogP contribution in [0.3, 0.4) is 0 Å². The maximum atomic E-state index is 13.7. The number of aryl methyl sites for hydroxylation is 1. The molecule has 2 amide bonds. The molecule has 2 aromatic carbocycles. The molecule has 2 unspecified atom stereocenters. The third-order valence-electron chi connectivity index (χ3n) is 5.70. The molecule has 0 aromatic heterocycles. The van der Waals surface area contributed by atoms with Gasteiger partial charge in [0, 0.05) is 24.7 Å². The summed E-state index contributed by atoms with van der Waals surface area (Å²) in [6, 6.07) is 14.0. The fourth-order valence-corrected chi connectivity index (χ4v) is 4.02. The molecule has 36 heavy (non-hydrogen) atoms. The Hall–Kier alpha value is -3.59. The quantitative estimate of drug-likeness (QED) is 0.557. The van der Waals surface area contributed by atoms with Crippen molar-refractivity contribution in [3.63, 3.8) is 0 Å². The van der Waals surface area contributed by atoms with Gasteiger partial charge in [0.25, 0.3) is 5.91 Å². The summed E-state index contributed by atoms with van der Waals surface area (Å²) in [7, 11) is 0. The van der Waals surface area contributed by atoms with E-state index in [0.717, 1.165) is 5.56 Å². The van der Waals surface area contributed by atoms with Crippen molar-refractivity contribution in [1.82, 2.24) is 10.3 Å². The zero-order chi connectivity index (χ0) is 26.5. The number of anilines is 1. The second kappa shape index (κ2) is 11.4. The van der Waals surface area contributed by atoms with Gasteiger partial charge in [-0.05, 0) is 76.4 Å². The number of amides is 2. The number of carboxylic acid groups (broad SMARTS) is 1. The first-order valence-electron chi connectivity index (χ1n) is 12.1. The minimum Gasteiger partial charge on any atom is -0.479 e. The molecule has 0 radical (unpaired) electrons. The molecular weight excluding hydrogens is 462 g/mol. The standard InChI is InChI=1S/C27H35N3O6/c1-6-23(25(32)33)35-21-12-13-22(18(2)16-21)30(24(31)19-10-8-7-9-11-19)29-15-14-20(17-29)28-26(34)36-27(3,4)5/h7-13,16,20,23H,6,14-15,17H2,1-5H3,(H,28,34)(H,32,33). The summed E-state index contributed by atoms with van der Waals surface area (Å²) in [5.74, 6) is -0.813. The van der Waals surface area contributed by atoms with Crippen LogP contribution in [0.1, 0.15) is 56.5 Å². The Labute approximate surface area is 212 Å². The lowest BCUT2D eigenvalue weighted by Crippen LogP contribution is -2.48. The molecule has 0 saturated carbocycles. The van der Waals surface area contributed by atoms with Crippen molar-refractivity contribution >= 4 is 23.7 Å². The van der Waals surface area contributed by atoms with Crippen molar-refractivity contribution < 1.29 is 29.0 Å². The summed E-state index contributed by atoms with van der Waals surface area (Å²) in [5, 5.41) is 15.7. The molecule has 1 saturated heterocycles. The van der Waals surface area contributed by atoms with Crippen molar-refractivity contribution in [3.05, 3.63) is 59.7 Å². The Morgan fingerprint density at radius 2 is 1.86 bits per heavy atom. The highest BCUT2D eigenvalue weighted by Gasteiger charge is 2.34. The van der Waals surface area contributed by atoms with Gasteiger partial charge < -0.3 is 19.9 Å². The van der Waals surface area contributed by atoms with Crippen LogP contribution in [0.2, 0.25) is 0 Å². The third-order valence-corrected chi connectivity index (χ3v) is 5.70. The first-order valence-corrected chi connectivity index (χ1v) is 12.1. The van der Waals surface area contributed by atoms with E-state index in [2.05, 4.69) is 5.32 Å². The molecule has 1 aliphatic rings. The van der Waals surface area contributed by atoms with Crippen LogP contribution < -0.4 is 15.1 Å². The van der Waals surface area contributed by atoms with Gasteiger partial charge in [0.05, 0.1) is 5.69 Å². The smallest absolute Gasteiger partial charge is 0.407 e. The number of carboxylic acids is 1. The highest BCUT2D eigenvalue weighted by Crippen LogP contribution is 2.30. The van der Waals surface area contributed by atoms with E-state index in [-0.39, 0.29) is 11.9 Å². The molecule has 1 fully saturated rings. The van der Waals surface area contributed by atoms with Crippen molar-refractivity contribution in [1.29, 1.82) is 0 Å². The number of alkyl carbamates (subject to hydrolysis) is 1. The number of hydrazine groups is 1. The molecule has 1 aliphatic heterocycles. The second-order valence-corrected chi connectivity index (χ2v) is 9.83. The SMILES string of the molecule is CCC(Oc1ccc(N(C(=O)c2ccccc2)N2CCC(NC(=O)OC(C)(C)C)C2)c(C)c1)C(=O)O. The Bertz CT molecular complexity index is 1080. The highest BCUT2D eigenvalue weighted by atomic mass is 16.6. The van der Waals surface area contributed by atoms with E-state index in [0.29, 0.717) is 42.9 Å². The number of nitrogens with zero attached hydrogens (tertiary/aromatic N) is 2. The molecule has 9 nitrogen and oxygen atoms in total. The summed E-state index contributed by atoms with van der Waals surface area (Å²) in [4.78, 5) is 37.3. The van der Waals surface area contributed by atoms with E-state index in [1.165, 1.54) is 0 Å². The van der Waals surface area contributed by atoms with E-state index in [4.69, 9.17) is 9.47 Å². The van der Waals surface area contributed by atoms with Crippen LogP contribution in [0.4, 0.5) is 10.5 Å². The predicted molar refractivity (Wildman–Crippen MR) is 136 cm³/mol. The predicted octanol–water partition coefficient (Wildman–Crippen LogP) is 4.40. The Morgan fingerprint density at radius 3 is 2.44 bits per heavy atom. The van der Waals surface area contributed by atoms with Crippen molar-refractivity contribution in [3.8, 4) is 5.75 Å². The van der Waals surface area contributed by atoms with Gasteiger partial charge in [0.15, 0.2) is 6.10 Å². The Balaban J connectivity index is 1.86. The van der Waals surface area contributed by atoms with Gasteiger partial charge in [-0.25, -0.2) is 19.6 Å². The van der Waals surface area contributed by atoms with Crippen LogP contribution in [0, 0.1) is 6.92 Å². The van der Waals surface area contributed by atoms with Crippen molar-refractivity contribution in [2.45, 2.75) is 65.2 Å². The van der Waals surface area contributed by atoms with E-state index >= 15 is 0 Å². The van der Waals surface area contributed by atoms with Crippen LogP contribution in [-0.2, 0) is 9.53 Å². The topological polar surface area (TPSA) is 108 Å². The average molecular weight is 498 g/mol. The van der Waals surface area contributed by atoms with Crippen LogP contribution in [0.15, 0.2) is 48.5 Å². The monoisotopic (exact) mass is 497 g/mol. The summed E-state index contributed by atoms with van der Waals surface area (Å²) < 4.78 is 11.0. The van der Waals surface area contributed by atoms with E-state index < -0.39 is 23.8 Å². The minimum atomic E-state index is -1.03. The minimum absolute atomic E-state index is 0.185. The number of rotatable bonds is 8. The van der Waals surface area contributed by atoms with Gasteiger partial charge in [-0.3, -0.25) is 4.79 Å². The third kappa shape index (κ3) is 6.97. The lowest BCUT2D eigenvalue weighted by molar-refractivity contribution is -0.145. The summed E-state index contributed by atoms with van der Waals surface area (Å²) in [6.07, 6.45) is -0.462. The van der Waals surface area contributed by atoms with E-state index in [9.17, 15) is 19.5 Å². The van der Waals surface area contributed by atoms with Crippen LogP contribution in [0.25, 0.3) is 0 Å². The number of hydrogen-bond acceptors (Lipinski definition) is 6. The van der Waals surface area contributed by atoms with Gasteiger partial charge in [0.2, 0.25) is 0 Å². The van der Waals surface area contributed by atoms with E-state index in [1.54, 1.807) is 42.3 Å². The van der Waals surface area contributed by atoms with Gasteiger partial charge in [-0.15, -0.1) is 0 Å². The molecule has 0 spiro atoms. The molecular formula is C27H35N3O6. The van der Waals surface area contributed by atoms with Gasteiger partial charge in [0.1, 0.15) is 11.4 Å². The molecule has 3 rings (SSSR count). The number of aliphatic carboxylic acids is 1. The molecule has 0 aliphatic carbocycles. The number of carbonyl (C=O) groups excluding carboxylic acids is 2. The molecule has 2 atom stereocenters. The first-order chi connectivity index (χ1) is 17.0. The number of ether oxygens (including phenoxy) is 2. The van der Waals surface area contributed by atoms with Crippen molar-refractivity contribution in [2.75, 3.05) is 18.1 Å². The summed E-state index contributed by atoms with van der Waals surface area (Å²) in [5.41, 5.74) is 1.33. The summed E-state index contributed by atoms with van der Waals surface area (Å²) in [6.45, 7) is 9.99. The Kier molecular flexibility index (Phi) is 8.57. The summed E-state index contributed by atoms with van der Waals surface area (Å²) >= 11 is 0. The molecule has 9 heteroatoms. The molecule has 194 valence electrons. The van der Waals surface area contributed by atoms with Crippen LogP contribution in [-0.4, -0.2) is 58.9 Å². The fourth-order valence-electron chi connectivity index (χ4n) is 4.02. The molecule has 2 aromatic rings. The number of hydrogen-bond donors (Lipinski definition) is 2. The average Bonchev–Trinajstić information content (AvgIpc) is 3.25. The lowest BCUT2D eigenvalue weighted by Gasteiger charge is -2.33. The maximum absolute atomic E-state index is 13.7. The Morgan fingerprint density at radius 1 is 1.17 bits per heavy atom. The number of benzene rings is 2. The van der Waals surface area contributed by atoms with Crippen LogP contribution >= 0.6 is 0 Å². The number of nitrogens with one attached hydrogen (secondary N) is 1.